The number of hydrogen-bond donors (Lipinski definition) is 1. The van der Waals surface area contributed by atoms with Gasteiger partial charge in [0.1, 0.15) is 17.1 Å². The molecule has 0 amide bonds. The first kappa shape index (κ1) is 9.77. The zero-order valence-electron chi connectivity index (χ0n) is 8.92. The van der Waals surface area contributed by atoms with E-state index in [9.17, 15) is 9.90 Å². The van der Waals surface area contributed by atoms with Gasteiger partial charge < -0.3 is 9.52 Å². The molecule has 0 bridgehead atoms. The van der Waals surface area contributed by atoms with Gasteiger partial charge in [0.15, 0.2) is 5.43 Å². The normalized spacial score (nSPS) is 10.9. The molecule has 15 heavy (non-hydrogen) atoms. The number of aryl methyl sites for hydroxylation is 2. The van der Waals surface area contributed by atoms with Crippen LogP contribution in [-0.2, 0) is 0 Å². The maximum atomic E-state index is 11.6. The summed E-state index contributed by atoms with van der Waals surface area (Å²) in [5.41, 5.74) is 2.00. The SMILES string of the molecule is Cc1cc(=O)c2cc(O)c(C)c(C)c2o1. The quantitative estimate of drug-likeness (QED) is 0.717. The van der Waals surface area contributed by atoms with Gasteiger partial charge in [-0.05, 0) is 38.0 Å². The summed E-state index contributed by atoms with van der Waals surface area (Å²) in [4.78, 5) is 11.6. The molecule has 0 unspecified atom stereocenters. The average molecular weight is 204 g/mol. The van der Waals surface area contributed by atoms with Crippen LogP contribution in [0.2, 0.25) is 0 Å². The Morgan fingerprint density at radius 3 is 2.47 bits per heavy atom. The van der Waals surface area contributed by atoms with Crippen molar-refractivity contribution in [2.75, 3.05) is 0 Å². The maximum Gasteiger partial charge on any atom is 0.193 e. The van der Waals surface area contributed by atoms with Gasteiger partial charge in [0, 0.05) is 6.07 Å². The zero-order chi connectivity index (χ0) is 11.2. The van der Waals surface area contributed by atoms with E-state index >= 15 is 0 Å². The van der Waals surface area contributed by atoms with Gasteiger partial charge in [-0.1, -0.05) is 0 Å². The van der Waals surface area contributed by atoms with Gasteiger partial charge in [0.25, 0.3) is 0 Å². The van der Waals surface area contributed by atoms with E-state index in [0.717, 1.165) is 11.1 Å². The van der Waals surface area contributed by atoms with Gasteiger partial charge >= 0.3 is 0 Å². The molecule has 0 aliphatic rings. The van der Waals surface area contributed by atoms with Gasteiger partial charge in [0.05, 0.1) is 5.39 Å². The second kappa shape index (κ2) is 3.12. The fourth-order valence-corrected chi connectivity index (χ4v) is 1.64. The largest absolute Gasteiger partial charge is 0.508 e. The highest BCUT2D eigenvalue weighted by atomic mass is 16.3. The Bertz CT molecular complexity index is 594. The Kier molecular flexibility index (Phi) is 2.03. The third-order valence-electron chi connectivity index (χ3n) is 2.68. The minimum atomic E-state index is -0.118. The van der Waals surface area contributed by atoms with Gasteiger partial charge in [-0.3, -0.25) is 4.79 Å². The van der Waals surface area contributed by atoms with Crippen LogP contribution in [0.4, 0.5) is 0 Å². The topological polar surface area (TPSA) is 50.4 Å². The molecule has 0 spiro atoms. The van der Waals surface area contributed by atoms with E-state index in [1.165, 1.54) is 12.1 Å². The Balaban J connectivity index is 3.05. The van der Waals surface area contributed by atoms with Crippen LogP contribution in [-0.4, -0.2) is 5.11 Å². The van der Waals surface area contributed by atoms with Crippen LogP contribution in [0.5, 0.6) is 5.75 Å². The molecule has 2 rings (SSSR count). The first-order chi connectivity index (χ1) is 7.00. The van der Waals surface area contributed by atoms with Crippen molar-refractivity contribution in [3.8, 4) is 5.75 Å². The van der Waals surface area contributed by atoms with E-state index in [2.05, 4.69) is 0 Å². The molecule has 1 heterocycles. The number of benzene rings is 1. The van der Waals surface area contributed by atoms with Gasteiger partial charge in [-0.15, -0.1) is 0 Å². The summed E-state index contributed by atoms with van der Waals surface area (Å²) in [6, 6.07) is 2.89. The van der Waals surface area contributed by atoms with Crippen molar-refractivity contribution in [2.45, 2.75) is 20.8 Å². The molecule has 1 N–H and O–H groups in total. The smallest absolute Gasteiger partial charge is 0.193 e. The molecule has 0 saturated heterocycles. The summed E-state index contributed by atoms with van der Waals surface area (Å²) in [5.74, 6) is 0.719. The Morgan fingerprint density at radius 1 is 1.13 bits per heavy atom. The highest BCUT2D eigenvalue weighted by molar-refractivity contribution is 5.82. The predicted molar refractivity (Wildman–Crippen MR) is 58.4 cm³/mol. The summed E-state index contributed by atoms with van der Waals surface area (Å²) >= 11 is 0. The van der Waals surface area contributed by atoms with E-state index in [1.54, 1.807) is 13.8 Å². The monoisotopic (exact) mass is 204 g/mol. The minimum absolute atomic E-state index is 0.118. The summed E-state index contributed by atoms with van der Waals surface area (Å²) in [7, 11) is 0. The molecule has 1 aromatic carbocycles. The van der Waals surface area contributed by atoms with Crippen LogP contribution < -0.4 is 5.43 Å². The molecule has 0 saturated carbocycles. The van der Waals surface area contributed by atoms with Crippen molar-refractivity contribution in [2.24, 2.45) is 0 Å². The number of fused-ring (bicyclic) bond motifs is 1. The lowest BCUT2D eigenvalue weighted by Gasteiger charge is -2.07. The summed E-state index contributed by atoms with van der Waals surface area (Å²) in [6.07, 6.45) is 0. The molecular formula is C12H12O3. The van der Waals surface area contributed by atoms with Crippen LogP contribution in [0.1, 0.15) is 16.9 Å². The molecular weight excluding hydrogens is 192 g/mol. The highest BCUT2D eigenvalue weighted by Gasteiger charge is 2.10. The highest BCUT2D eigenvalue weighted by Crippen LogP contribution is 2.27. The van der Waals surface area contributed by atoms with Crippen LogP contribution in [0.15, 0.2) is 21.3 Å². The number of hydrogen-bond acceptors (Lipinski definition) is 3. The molecule has 0 radical (unpaired) electrons. The van der Waals surface area contributed by atoms with Crippen molar-refractivity contribution in [1.82, 2.24) is 0 Å². The van der Waals surface area contributed by atoms with Crippen molar-refractivity contribution in [1.29, 1.82) is 0 Å². The molecule has 0 aliphatic heterocycles. The van der Waals surface area contributed by atoms with Gasteiger partial charge in [-0.2, -0.15) is 0 Å². The standard InChI is InChI=1S/C12H12O3/c1-6-4-11(14)9-5-10(13)7(2)8(3)12(9)15-6/h4-5,13H,1-3H3. The minimum Gasteiger partial charge on any atom is -0.508 e. The number of rotatable bonds is 0. The molecule has 0 atom stereocenters. The lowest BCUT2D eigenvalue weighted by molar-refractivity contribution is 0.470. The second-order valence-corrected chi connectivity index (χ2v) is 3.74. The molecule has 3 nitrogen and oxygen atoms in total. The Labute approximate surface area is 87.0 Å². The predicted octanol–water partition coefficient (Wildman–Crippen LogP) is 2.42. The lowest BCUT2D eigenvalue weighted by Crippen LogP contribution is -2.02. The molecule has 0 aliphatic carbocycles. The number of aromatic hydroxyl groups is 1. The van der Waals surface area contributed by atoms with Crippen molar-refractivity contribution >= 4 is 11.0 Å². The van der Waals surface area contributed by atoms with Gasteiger partial charge in [-0.25, -0.2) is 0 Å². The summed E-state index contributed by atoms with van der Waals surface area (Å²) in [6.45, 7) is 5.37. The second-order valence-electron chi connectivity index (χ2n) is 3.74. The van der Waals surface area contributed by atoms with Crippen LogP contribution in [0.25, 0.3) is 11.0 Å². The van der Waals surface area contributed by atoms with Crippen molar-refractivity contribution in [3.63, 3.8) is 0 Å². The number of phenols is 1. The van der Waals surface area contributed by atoms with Crippen LogP contribution in [0, 0.1) is 20.8 Å². The molecule has 3 heteroatoms. The third-order valence-corrected chi connectivity index (χ3v) is 2.68. The number of phenolic OH excluding ortho intramolecular Hbond substituents is 1. The van der Waals surface area contributed by atoms with E-state index in [-0.39, 0.29) is 11.2 Å². The van der Waals surface area contributed by atoms with Crippen LogP contribution >= 0.6 is 0 Å². The van der Waals surface area contributed by atoms with E-state index in [4.69, 9.17) is 4.42 Å². The summed E-state index contributed by atoms with van der Waals surface area (Å²) in [5, 5.41) is 10.0. The van der Waals surface area contributed by atoms with E-state index in [1.807, 2.05) is 6.92 Å². The fourth-order valence-electron chi connectivity index (χ4n) is 1.64. The maximum absolute atomic E-state index is 11.6. The molecule has 78 valence electrons. The molecule has 2 aromatic rings. The Morgan fingerprint density at radius 2 is 1.80 bits per heavy atom. The fraction of sp³-hybridized carbons (Fsp3) is 0.250. The van der Waals surface area contributed by atoms with Crippen molar-refractivity contribution < 1.29 is 9.52 Å². The molecule has 1 aromatic heterocycles. The first-order valence-corrected chi connectivity index (χ1v) is 4.74. The van der Waals surface area contributed by atoms with E-state index in [0.29, 0.717) is 16.7 Å². The lowest BCUT2D eigenvalue weighted by atomic mass is 10.0. The van der Waals surface area contributed by atoms with Crippen molar-refractivity contribution in [3.05, 3.63) is 39.2 Å². The summed E-state index contributed by atoms with van der Waals surface area (Å²) < 4.78 is 5.50. The zero-order valence-corrected chi connectivity index (χ0v) is 8.92. The van der Waals surface area contributed by atoms with E-state index < -0.39 is 0 Å². The van der Waals surface area contributed by atoms with Crippen LogP contribution in [0.3, 0.4) is 0 Å². The Hall–Kier alpha value is -1.77. The first-order valence-electron chi connectivity index (χ1n) is 4.74. The van der Waals surface area contributed by atoms with Gasteiger partial charge in [0.2, 0.25) is 0 Å². The average Bonchev–Trinajstić information content (AvgIpc) is 2.17. The third kappa shape index (κ3) is 1.40. The molecule has 0 fully saturated rings.